The van der Waals surface area contributed by atoms with Gasteiger partial charge in [0.2, 0.25) is 0 Å². The summed E-state index contributed by atoms with van der Waals surface area (Å²) in [5.41, 5.74) is 3.26. The van der Waals surface area contributed by atoms with Gasteiger partial charge in [0, 0.05) is 30.1 Å². The average Bonchev–Trinajstić information content (AvgIpc) is 3.01. The van der Waals surface area contributed by atoms with E-state index in [-0.39, 0.29) is 5.41 Å². The summed E-state index contributed by atoms with van der Waals surface area (Å²) in [7, 11) is 0. The van der Waals surface area contributed by atoms with Gasteiger partial charge < -0.3 is 5.32 Å². The van der Waals surface area contributed by atoms with Gasteiger partial charge in [-0.3, -0.25) is 0 Å². The molecule has 106 valence electrons. The Bertz CT molecular complexity index is 574. The number of rotatable bonds is 4. The minimum Gasteiger partial charge on any atom is -0.309 e. The van der Waals surface area contributed by atoms with Crippen LogP contribution in [0.25, 0.3) is 0 Å². The molecule has 20 heavy (non-hydrogen) atoms. The van der Waals surface area contributed by atoms with Gasteiger partial charge in [-0.05, 0) is 23.0 Å². The van der Waals surface area contributed by atoms with Gasteiger partial charge in [-0.25, -0.2) is 4.98 Å². The van der Waals surface area contributed by atoms with Crippen LogP contribution in [0.1, 0.15) is 48.9 Å². The average molecular weight is 286 g/mol. The summed E-state index contributed by atoms with van der Waals surface area (Å²) in [4.78, 5) is 4.42. The summed E-state index contributed by atoms with van der Waals surface area (Å²) in [5.74, 6) is 0.471. The summed E-state index contributed by atoms with van der Waals surface area (Å²) in [6, 6.07) is 9.29. The lowest BCUT2D eigenvalue weighted by Crippen LogP contribution is -2.33. The van der Waals surface area contributed by atoms with Gasteiger partial charge in [-0.1, -0.05) is 45.0 Å². The van der Waals surface area contributed by atoms with E-state index in [1.807, 2.05) is 6.20 Å². The maximum atomic E-state index is 4.42. The summed E-state index contributed by atoms with van der Waals surface area (Å²) in [6.45, 7) is 7.95. The molecule has 2 aromatic rings. The Balaban J connectivity index is 1.73. The Morgan fingerprint density at radius 1 is 1.40 bits per heavy atom. The van der Waals surface area contributed by atoms with E-state index in [0.29, 0.717) is 12.0 Å². The molecule has 1 aromatic carbocycles. The van der Waals surface area contributed by atoms with Gasteiger partial charge in [-0.2, -0.15) is 0 Å². The second kappa shape index (κ2) is 5.30. The molecule has 0 spiro atoms. The molecule has 0 amide bonds. The number of aromatic nitrogens is 1. The molecule has 0 bridgehead atoms. The van der Waals surface area contributed by atoms with E-state index in [1.54, 1.807) is 11.3 Å². The van der Waals surface area contributed by atoms with Gasteiger partial charge >= 0.3 is 0 Å². The highest BCUT2D eigenvalue weighted by atomic mass is 32.1. The molecule has 0 saturated carbocycles. The zero-order valence-electron chi connectivity index (χ0n) is 12.4. The number of hydrogen-bond donors (Lipinski definition) is 1. The van der Waals surface area contributed by atoms with E-state index < -0.39 is 0 Å². The lowest BCUT2D eigenvalue weighted by Gasteiger charge is -2.29. The molecule has 0 fully saturated rings. The minimum absolute atomic E-state index is 0.284. The number of hydrogen-bond acceptors (Lipinski definition) is 3. The Labute approximate surface area is 125 Å². The third-order valence-electron chi connectivity index (χ3n) is 4.29. The van der Waals surface area contributed by atoms with Crippen molar-refractivity contribution >= 4 is 11.3 Å². The van der Waals surface area contributed by atoms with Crippen LogP contribution in [0.15, 0.2) is 35.8 Å². The molecule has 1 aliphatic rings. The normalized spacial score (nSPS) is 21.6. The fourth-order valence-electron chi connectivity index (χ4n) is 3.24. The molecule has 0 saturated heterocycles. The van der Waals surface area contributed by atoms with Crippen LogP contribution in [0.4, 0.5) is 0 Å². The van der Waals surface area contributed by atoms with Gasteiger partial charge in [0.25, 0.3) is 0 Å². The monoisotopic (exact) mass is 286 g/mol. The quantitative estimate of drug-likeness (QED) is 0.913. The highest BCUT2D eigenvalue weighted by Gasteiger charge is 2.38. The van der Waals surface area contributed by atoms with Crippen LogP contribution >= 0.6 is 11.3 Å². The third kappa shape index (κ3) is 2.52. The Hall–Kier alpha value is -1.19. The Kier molecular flexibility index (Phi) is 3.65. The first-order chi connectivity index (χ1) is 9.58. The van der Waals surface area contributed by atoms with E-state index in [1.165, 1.54) is 16.1 Å². The molecule has 2 atom stereocenters. The molecule has 0 aliphatic heterocycles. The smallest absolute Gasteiger partial charge is 0.0965 e. The van der Waals surface area contributed by atoms with E-state index in [2.05, 4.69) is 60.7 Å². The molecule has 1 heterocycles. The lowest BCUT2D eigenvalue weighted by atomic mass is 9.85. The fraction of sp³-hybridized carbons (Fsp3) is 0.471. The highest BCUT2D eigenvalue weighted by Crippen LogP contribution is 2.45. The van der Waals surface area contributed by atoms with E-state index >= 15 is 0 Å². The minimum atomic E-state index is 0.284. The number of nitrogens with zero attached hydrogens (tertiary/aromatic N) is 1. The molecule has 1 aliphatic carbocycles. The van der Waals surface area contributed by atoms with E-state index in [0.717, 1.165) is 13.0 Å². The van der Waals surface area contributed by atoms with Gasteiger partial charge in [0.1, 0.15) is 0 Å². The summed E-state index contributed by atoms with van der Waals surface area (Å²) in [5, 5.41) is 7.06. The maximum absolute atomic E-state index is 4.42. The van der Waals surface area contributed by atoms with Gasteiger partial charge in [0.15, 0.2) is 0 Å². The Morgan fingerprint density at radius 2 is 2.20 bits per heavy atom. The molecular weight excluding hydrogens is 264 g/mol. The van der Waals surface area contributed by atoms with Gasteiger partial charge in [0.05, 0.1) is 5.01 Å². The van der Waals surface area contributed by atoms with Crippen LogP contribution in [0.3, 0.4) is 0 Å². The van der Waals surface area contributed by atoms with Crippen molar-refractivity contribution in [3.05, 3.63) is 52.0 Å². The fourth-order valence-corrected chi connectivity index (χ4v) is 3.94. The molecule has 1 N–H and O–H groups in total. The van der Waals surface area contributed by atoms with Crippen LogP contribution in [0.5, 0.6) is 0 Å². The van der Waals surface area contributed by atoms with Crippen molar-refractivity contribution in [2.24, 2.45) is 5.41 Å². The van der Waals surface area contributed by atoms with Crippen LogP contribution in [-0.4, -0.2) is 11.5 Å². The van der Waals surface area contributed by atoms with Crippen molar-refractivity contribution in [3.63, 3.8) is 0 Å². The number of benzene rings is 1. The summed E-state index contributed by atoms with van der Waals surface area (Å²) < 4.78 is 0. The molecule has 3 heteroatoms. The van der Waals surface area contributed by atoms with Crippen LogP contribution in [0, 0.1) is 5.41 Å². The van der Waals surface area contributed by atoms with E-state index in [9.17, 15) is 0 Å². The first-order valence-electron chi connectivity index (χ1n) is 7.28. The number of thiazole rings is 1. The van der Waals surface area contributed by atoms with Crippen LogP contribution in [-0.2, 0) is 6.42 Å². The molecule has 0 radical (unpaired) electrons. The van der Waals surface area contributed by atoms with Crippen molar-refractivity contribution < 1.29 is 0 Å². The highest BCUT2D eigenvalue weighted by molar-refractivity contribution is 7.09. The molecule has 2 unspecified atom stereocenters. The van der Waals surface area contributed by atoms with E-state index in [4.69, 9.17) is 0 Å². The first kappa shape index (κ1) is 13.8. The summed E-state index contributed by atoms with van der Waals surface area (Å²) in [6.07, 6.45) is 3.05. The number of nitrogens with one attached hydrogen (secondary N) is 1. The largest absolute Gasteiger partial charge is 0.309 e. The maximum Gasteiger partial charge on any atom is 0.0965 e. The third-order valence-corrected chi connectivity index (χ3v) is 5.30. The predicted octanol–water partition coefficient (Wildman–Crippen LogP) is 4.16. The molecule has 3 rings (SSSR count). The standard InChI is InChI=1S/C17H22N2S/c1-12(16-18-8-9-20-16)11-19-15-14-7-5-4-6-13(14)10-17(15,2)3/h4-9,12,15,19H,10-11H2,1-3H3. The molecule has 2 nitrogen and oxygen atoms in total. The van der Waals surface area contributed by atoms with Crippen molar-refractivity contribution in [1.29, 1.82) is 0 Å². The number of fused-ring (bicyclic) bond motifs is 1. The zero-order chi connectivity index (χ0) is 14.2. The second-order valence-corrected chi connectivity index (χ2v) is 7.40. The van der Waals surface area contributed by atoms with Crippen molar-refractivity contribution in [2.75, 3.05) is 6.54 Å². The van der Waals surface area contributed by atoms with Crippen LogP contribution in [0.2, 0.25) is 0 Å². The topological polar surface area (TPSA) is 24.9 Å². The van der Waals surface area contributed by atoms with Crippen LogP contribution < -0.4 is 5.32 Å². The molecule has 1 aromatic heterocycles. The van der Waals surface area contributed by atoms with Crippen molar-refractivity contribution in [3.8, 4) is 0 Å². The van der Waals surface area contributed by atoms with Gasteiger partial charge in [-0.15, -0.1) is 11.3 Å². The Morgan fingerprint density at radius 3 is 2.95 bits per heavy atom. The van der Waals surface area contributed by atoms with Crippen molar-refractivity contribution in [1.82, 2.24) is 10.3 Å². The summed E-state index contributed by atoms with van der Waals surface area (Å²) >= 11 is 1.75. The molecular formula is C17H22N2S. The second-order valence-electron chi connectivity index (χ2n) is 6.48. The zero-order valence-corrected chi connectivity index (χ0v) is 13.2. The predicted molar refractivity (Wildman–Crippen MR) is 85.2 cm³/mol. The lowest BCUT2D eigenvalue weighted by molar-refractivity contribution is 0.267. The van der Waals surface area contributed by atoms with Crippen molar-refractivity contribution in [2.45, 2.75) is 39.2 Å². The SMILES string of the molecule is CC(CNC1c2ccccc2CC1(C)C)c1nccs1. The first-order valence-corrected chi connectivity index (χ1v) is 8.16.